The number of nitrogens with zero attached hydrogens (tertiary/aromatic N) is 2. The summed E-state index contributed by atoms with van der Waals surface area (Å²) < 4.78 is 5.78. The topological polar surface area (TPSA) is 44.8 Å². The molecule has 3 rings (SSSR count). The molecule has 1 amide bonds. The van der Waals surface area contributed by atoms with Crippen LogP contribution >= 0.6 is 0 Å². The van der Waals surface area contributed by atoms with E-state index in [1.54, 1.807) is 0 Å². The Labute approximate surface area is 157 Å². The van der Waals surface area contributed by atoms with E-state index in [1.807, 2.05) is 30.3 Å². The third-order valence-electron chi connectivity index (χ3n) is 5.71. The first-order valence-electron chi connectivity index (χ1n) is 10.1. The summed E-state index contributed by atoms with van der Waals surface area (Å²) in [4.78, 5) is 17.0. The molecule has 1 N–H and O–H groups in total. The lowest BCUT2D eigenvalue weighted by atomic mass is 9.86. The second kappa shape index (κ2) is 9.93. The van der Waals surface area contributed by atoms with Crippen LogP contribution in [0.4, 0.5) is 0 Å². The molecule has 144 valence electrons. The minimum Gasteiger partial charge on any atom is -0.492 e. The minimum atomic E-state index is 0.199. The lowest BCUT2D eigenvalue weighted by Gasteiger charge is -2.35. The fourth-order valence-corrected chi connectivity index (χ4v) is 3.97. The molecule has 0 bridgehead atoms. The Hall–Kier alpha value is -1.59. The summed E-state index contributed by atoms with van der Waals surface area (Å²) >= 11 is 0. The Morgan fingerprint density at radius 2 is 1.77 bits per heavy atom. The maximum absolute atomic E-state index is 12.3. The zero-order chi connectivity index (χ0) is 18.2. The molecule has 2 aliphatic rings. The summed E-state index contributed by atoms with van der Waals surface area (Å²) in [6.45, 7) is 8.38. The highest BCUT2D eigenvalue weighted by atomic mass is 16.5. The highest BCUT2D eigenvalue weighted by molar-refractivity contribution is 5.78. The van der Waals surface area contributed by atoms with Gasteiger partial charge in [0.2, 0.25) is 5.91 Å². The lowest BCUT2D eigenvalue weighted by molar-refractivity contribution is -0.124. The fraction of sp³-hybridized carbons (Fsp3) is 0.667. The van der Waals surface area contributed by atoms with E-state index in [9.17, 15) is 4.79 Å². The Kier molecular flexibility index (Phi) is 7.32. The van der Waals surface area contributed by atoms with E-state index in [4.69, 9.17) is 4.74 Å². The van der Waals surface area contributed by atoms with Crippen molar-refractivity contribution in [1.82, 2.24) is 15.1 Å². The first-order chi connectivity index (χ1) is 12.7. The van der Waals surface area contributed by atoms with E-state index in [0.717, 1.165) is 44.9 Å². The van der Waals surface area contributed by atoms with Gasteiger partial charge in [-0.25, -0.2) is 0 Å². The molecular weight excluding hydrogens is 326 g/mol. The molecule has 5 nitrogen and oxygen atoms in total. The highest BCUT2D eigenvalue weighted by Crippen LogP contribution is 2.23. The molecule has 1 aliphatic carbocycles. The van der Waals surface area contributed by atoms with E-state index in [2.05, 4.69) is 22.0 Å². The van der Waals surface area contributed by atoms with Gasteiger partial charge in [0.1, 0.15) is 12.4 Å². The van der Waals surface area contributed by atoms with Gasteiger partial charge in [-0.15, -0.1) is 0 Å². The standard InChI is InChI=1S/C21H33N3O2/c1-18-7-5-6-10-20(18)22-21(25)17-24-13-11-23(12-14-24)15-16-26-19-8-3-2-4-9-19/h2-4,8-9,18,20H,5-7,10-17H2,1H3,(H,22,25)/t18-,20-/m0/s1. The highest BCUT2D eigenvalue weighted by Gasteiger charge is 2.24. The number of carbonyl (C=O) groups is 1. The predicted octanol–water partition coefficient (Wildman–Crippen LogP) is 2.38. The molecule has 2 atom stereocenters. The van der Waals surface area contributed by atoms with Crippen LogP contribution in [0.1, 0.15) is 32.6 Å². The third-order valence-corrected chi connectivity index (χ3v) is 5.71. The Balaban J connectivity index is 1.30. The van der Waals surface area contributed by atoms with Crippen molar-refractivity contribution in [3.05, 3.63) is 30.3 Å². The monoisotopic (exact) mass is 359 g/mol. The number of amides is 1. The van der Waals surface area contributed by atoms with Crippen molar-refractivity contribution in [2.24, 2.45) is 5.92 Å². The maximum Gasteiger partial charge on any atom is 0.234 e. The molecule has 0 unspecified atom stereocenters. The average molecular weight is 360 g/mol. The predicted molar refractivity (Wildman–Crippen MR) is 104 cm³/mol. The summed E-state index contributed by atoms with van der Waals surface area (Å²) in [6, 6.07) is 10.3. The molecule has 1 saturated carbocycles. The first kappa shape index (κ1) is 19.2. The van der Waals surface area contributed by atoms with Crippen molar-refractivity contribution >= 4 is 5.91 Å². The molecule has 1 heterocycles. The minimum absolute atomic E-state index is 0.199. The number of piperazine rings is 1. The van der Waals surface area contributed by atoms with Crippen LogP contribution in [-0.2, 0) is 4.79 Å². The smallest absolute Gasteiger partial charge is 0.234 e. The van der Waals surface area contributed by atoms with Gasteiger partial charge in [0.15, 0.2) is 0 Å². The molecule has 1 aliphatic heterocycles. The van der Waals surface area contributed by atoms with Crippen molar-refractivity contribution in [2.45, 2.75) is 38.6 Å². The molecule has 2 fully saturated rings. The van der Waals surface area contributed by atoms with E-state index in [1.165, 1.54) is 19.3 Å². The van der Waals surface area contributed by atoms with Gasteiger partial charge in [0, 0.05) is 38.8 Å². The number of benzene rings is 1. The van der Waals surface area contributed by atoms with E-state index < -0.39 is 0 Å². The number of rotatable bonds is 7. The summed E-state index contributed by atoms with van der Waals surface area (Å²) in [7, 11) is 0. The van der Waals surface area contributed by atoms with Crippen molar-refractivity contribution in [3.63, 3.8) is 0 Å². The van der Waals surface area contributed by atoms with Gasteiger partial charge < -0.3 is 10.1 Å². The fourth-order valence-electron chi connectivity index (χ4n) is 3.97. The van der Waals surface area contributed by atoms with E-state index in [-0.39, 0.29) is 5.91 Å². The maximum atomic E-state index is 12.3. The van der Waals surface area contributed by atoms with Gasteiger partial charge in [-0.05, 0) is 30.9 Å². The van der Waals surface area contributed by atoms with Crippen LogP contribution in [0.2, 0.25) is 0 Å². The number of para-hydroxylation sites is 1. The first-order valence-corrected chi connectivity index (χ1v) is 10.1. The molecule has 26 heavy (non-hydrogen) atoms. The number of nitrogens with one attached hydrogen (secondary N) is 1. The number of hydrogen-bond donors (Lipinski definition) is 1. The molecular formula is C21H33N3O2. The van der Waals surface area contributed by atoms with Gasteiger partial charge in [0.25, 0.3) is 0 Å². The van der Waals surface area contributed by atoms with Crippen molar-refractivity contribution in [1.29, 1.82) is 0 Å². The summed E-state index contributed by atoms with van der Waals surface area (Å²) in [5.41, 5.74) is 0. The number of carbonyl (C=O) groups excluding carboxylic acids is 1. The van der Waals surface area contributed by atoms with Crippen LogP contribution in [0.15, 0.2) is 30.3 Å². The SMILES string of the molecule is C[C@H]1CCCC[C@@H]1NC(=O)CN1CCN(CCOc2ccccc2)CC1. The second-order valence-electron chi connectivity index (χ2n) is 7.72. The van der Waals surface area contributed by atoms with Crippen LogP contribution in [0.25, 0.3) is 0 Å². The zero-order valence-corrected chi connectivity index (χ0v) is 16.0. The van der Waals surface area contributed by atoms with Gasteiger partial charge >= 0.3 is 0 Å². The van der Waals surface area contributed by atoms with Gasteiger partial charge in [0.05, 0.1) is 6.54 Å². The normalized spacial score (nSPS) is 25.0. The van der Waals surface area contributed by atoms with Crippen LogP contribution in [0.5, 0.6) is 5.75 Å². The number of hydrogen-bond acceptors (Lipinski definition) is 4. The van der Waals surface area contributed by atoms with Crippen LogP contribution in [0.3, 0.4) is 0 Å². The lowest BCUT2D eigenvalue weighted by Crippen LogP contribution is -2.51. The van der Waals surface area contributed by atoms with Gasteiger partial charge in [-0.1, -0.05) is 38.0 Å². The number of ether oxygens (including phenoxy) is 1. The quantitative estimate of drug-likeness (QED) is 0.812. The molecule has 1 saturated heterocycles. The van der Waals surface area contributed by atoms with Gasteiger partial charge in [-0.2, -0.15) is 0 Å². The second-order valence-corrected chi connectivity index (χ2v) is 7.72. The Bertz CT molecular complexity index is 543. The average Bonchev–Trinajstić information content (AvgIpc) is 2.66. The van der Waals surface area contributed by atoms with Crippen LogP contribution < -0.4 is 10.1 Å². The van der Waals surface area contributed by atoms with Crippen LogP contribution in [-0.4, -0.2) is 67.6 Å². The zero-order valence-electron chi connectivity index (χ0n) is 16.0. The third kappa shape index (κ3) is 5.99. The summed E-state index contributed by atoms with van der Waals surface area (Å²) in [5, 5.41) is 3.27. The van der Waals surface area contributed by atoms with Crippen molar-refractivity contribution in [2.75, 3.05) is 45.9 Å². The Morgan fingerprint density at radius 1 is 1.08 bits per heavy atom. The van der Waals surface area contributed by atoms with Crippen LogP contribution in [0, 0.1) is 5.92 Å². The van der Waals surface area contributed by atoms with Crippen molar-refractivity contribution in [3.8, 4) is 5.75 Å². The molecule has 0 radical (unpaired) electrons. The summed E-state index contributed by atoms with van der Waals surface area (Å²) in [6.07, 6.45) is 4.94. The summed E-state index contributed by atoms with van der Waals surface area (Å²) in [5.74, 6) is 1.75. The molecule has 0 spiro atoms. The van der Waals surface area contributed by atoms with E-state index in [0.29, 0.717) is 25.1 Å². The Morgan fingerprint density at radius 3 is 2.50 bits per heavy atom. The molecule has 5 heteroatoms. The molecule has 1 aromatic carbocycles. The van der Waals surface area contributed by atoms with Gasteiger partial charge in [-0.3, -0.25) is 14.6 Å². The molecule has 1 aromatic rings. The van der Waals surface area contributed by atoms with E-state index >= 15 is 0 Å². The van der Waals surface area contributed by atoms with Crippen molar-refractivity contribution < 1.29 is 9.53 Å². The molecule has 0 aromatic heterocycles. The largest absolute Gasteiger partial charge is 0.492 e.